The Kier molecular flexibility index (Phi) is 9.07. The Morgan fingerprint density at radius 3 is 2.12 bits per heavy atom. The van der Waals surface area contributed by atoms with Gasteiger partial charge in [0.15, 0.2) is 0 Å². The smallest absolute Gasteiger partial charge is 0.408 e. The van der Waals surface area contributed by atoms with Crippen LogP contribution in [0.3, 0.4) is 0 Å². The van der Waals surface area contributed by atoms with E-state index in [1.54, 1.807) is 27.8 Å². The summed E-state index contributed by atoms with van der Waals surface area (Å²) < 4.78 is 5.46. The lowest BCUT2D eigenvalue weighted by Crippen LogP contribution is -2.52. The summed E-state index contributed by atoms with van der Waals surface area (Å²) >= 11 is 0. The van der Waals surface area contributed by atoms with E-state index in [9.17, 15) is 14.4 Å². The van der Waals surface area contributed by atoms with E-state index < -0.39 is 29.7 Å². The Bertz CT molecular complexity index is 1510. The van der Waals surface area contributed by atoms with Gasteiger partial charge in [0.25, 0.3) is 5.91 Å². The molecule has 0 heterocycles. The first-order valence-corrected chi connectivity index (χ1v) is 13.7. The number of fused-ring (bicyclic) bond motifs is 1. The second-order valence-corrected chi connectivity index (χ2v) is 11.2. The van der Waals surface area contributed by atoms with Crippen molar-refractivity contribution in [3.05, 3.63) is 114 Å². The number of likely N-dealkylation sites (N-methyl/N-ethyl adjacent to an activating group) is 1. The van der Waals surface area contributed by atoms with E-state index in [1.807, 2.05) is 104 Å². The number of hydrogen-bond acceptors (Lipinski definition) is 4. The molecule has 3 amide bonds. The summed E-state index contributed by atoms with van der Waals surface area (Å²) in [6.07, 6.45) is -0.469. The molecule has 0 spiro atoms. The van der Waals surface area contributed by atoms with Crippen LogP contribution in [0.5, 0.6) is 0 Å². The van der Waals surface area contributed by atoms with Gasteiger partial charge in [-0.05, 0) is 61.7 Å². The van der Waals surface area contributed by atoms with E-state index in [1.165, 1.54) is 4.90 Å². The Morgan fingerprint density at radius 1 is 0.829 bits per heavy atom. The number of benzene rings is 4. The number of ether oxygens (including phenoxy) is 1. The van der Waals surface area contributed by atoms with Crippen molar-refractivity contribution in [1.82, 2.24) is 10.2 Å². The summed E-state index contributed by atoms with van der Waals surface area (Å²) in [7, 11) is 1.58. The van der Waals surface area contributed by atoms with Gasteiger partial charge in [-0.25, -0.2) is 4.79 Å². The summed E-state index contributed by atoms with van der Waals surface area (Å²) in [6.45, 7) is 7.25. The fourth-order valence-corrected chi connectivity index (χ4v) is 4.65. The lowest BCUT2D eigenvalue weighted by atomic mass is 10.00. The second kappa shape index (κ2) is 12.7. The number of alkyl carbamates (subject to hydrolysis) is 1. The maximum atomic E-state index is 14.0. The number of aryl methyl sites for hydroxylation is 1. The van der Waals surface area contributed by atoms with E-state index in [2.05, 4.69) is 10.6 Å². The van der Waals surface area contributed by atoms with Crippen LogP contribution >= 0.6 is 0 Å². The summed E-state index contributed by atoms with van der Waals surface area (Å²) in [5, 5.41) is 7.79. The molecule has 0 bridgehead atoms. The van der Waals surface area contributed by atoms with Crippen molar-refractivity contribution in [3.63, 3.8) is 0 Å². The largest absolute Gasteiger partial charge is 0.444 e. The third-order valence-corrected chi connectivity index (χ3v) is 6.67. The zero-order valence-electron chi connectivity index (χ0n) is 24.2. The van der Waals surface area contributed by atoms with Crippen LogP contribution < -0.4 is 10.6 Å². The molecule has 4 rings (SSSR count). The third-order valence-electron chi connectivity index (χ3n) is 6.67. The van der Waals surface area contributed by atoms with Gasteiger partial charge in [0.2, 0.25) is 5.91 Å². The number of carbonyl (C=O) groups is 3. The number of nitrogens with zero attached hydrogens (tertiary/aromatic N) is 1. The molecular weight excluding hydrogens is 514 g/mol. The molecule has 0 fully saturated rings. The van der Waals surface area contributed by atoms with Crippen LogP contribution in [0.25, 0.3) is 10.8 Å². The van der Waals surface area contributed by atoms with E-state index in [4.69, 9.17) is 4.74 Å². The lowest BCUT2D eigenvalue weighted by Gasteiger charge is -2.32. The number of carbonyl (C=O) groups excluding carboxylic acids is 3. The predicted molar refractivity (Wildman–Crippen MR) is 163 cm³/mol. The molecular formula is C34H37N3O4. The van der Waals surface area contributed by atoms with Crippen LogP contribution in [-0.4, -0.2) is 41.5 Å². The number of amides is 3. The van der Waals surface area contributed by atoms with Crippen LogP contribution in [0.1, 0.15) is 43.5 Å². The molecule has 0 aliphatic carbocycles. The number of rotatable bonds is 8. The molecule has 212 valence electrons. The van der Waals surface area contributed by atoms with Gasteiger partial charge >= 0.3 is 6.09 Å². The van der Waals surface area contributed by atoms with Gasteiger partial charge in [0, 0.05) is 19.2 Å². The minimum atomic E-state index is -0.960. The highest BCUT2D eigenvalue weighted by Crippen LogP contribution is 2.25. The van der Waals surface area contributed by atoms with Gasteiger partial charge in [-0.3, -0.25) is 9.59 Å². The standard InChI is InChI=1S/C34H37N3O4/c1-23-15-17-26(18-16-23)30(31(38)35-28-20-19-25-13-9-10-14-27(25)22-28)37(5)32(39)29(21-24-11-7-6-8-12-24)36-33(40)41-34(2,3)4/h6-20,22,29-30H,21H2,1-5H3,(H,35,38)(H,36,40). The Morgan fingerprint density at radius 2 is 1.46 bits per heavy atom. The molecule has 2 atom stereocenters. The van der Waals surface area contributed by atoms with Crippen LogP contribution in [0.4, 0.5) is 10.5 Å². The van der Waals surface area contributed by atoms with Gasteiger partial charge in [-0.2, -0.15) is 0 Å². The molecule has 0 aliphatic heterocycles. The first-order valence-electron chi connectivity index (χ1n) is 13.7. The SMILES string of the molecule is Cc1ccc(C(C(=O)Nc2ccc3ccccc3c2)N(C)C(=O)C(Cc2ccccc2)NC(=O)OC(C)(C)C)cc1. The summed E-state index contributed by atoms with van der Waals surface area (Å²) in [5.41, 5.74) is 2.44. The average Bonchev–Trinajstić information content (AvgIpc) is 2.93. The molecule has 7 nitrogen and oxygen atoms in total. The molecule has 2 unspecified atom stereocenters. The highest BCUT2D eigenvalue weighted by molar-refractivity contribution is 6.00. The maximum Gasteiger partial charge on any atom is 0.408 e. The number of hydrogen-bond donors (Lipinski definition) is 2. The van der Waals surface area contributed by atoms with Gasteiger partial charge in [-0.1, -0.05) is 90.5 Å². The van der Waals surface area contributed by atoms with E-state index in [-0.39, 0.29) is 12.3 Å². The van der Waals surface area contributed by atoms with Crippen molar-refractivity contribution < 1.29 is 19.1 Å². The van der Waals surface area contributed by atoms with Crippen LogP contribution in [0.15, 0.2) is 97.1 Å². The quantitative estimate of drug-likeness (QED) is 0.264. The maximum absolute atomic E-state index is 14.0. The van der Waals surface area contributed by atoms with Crippen LogP contribution in [0, 0.1) is 6.92 Å². The van der Waals surface area contributed by atoms with E-state index in [0.717, 1.165) is 21.9 Å². The summed E-state index contributed by atoms with van der Waals surface area (Å²) in [6, 6.07) is 28.6. The second-order valence-electron chi connectivity index (χ2n) is 11.2. The van der Waals surface area contributed by atoms with Crippen molar-refractivity contribution in [2.45, 2.75) is 51.8 Å². The highest BCUT2D eigenvalue weighted by atomic mass is 16.6. The Labute approximate surface area is 241 Å². The van der Waals surface area contributed by atoms with Crippen molar-refractivity contribution in [2.24, 2.45) is 0 Å². The Balaban J connectivity index is 1.64. The molecule has 0 aromatic heterocycles. The highest BCUT2D eigenvalue weighted by Gasteiger charge is 2.34. The van der Waals surface area contributed by atoms with Gasteiger partial charge in [-0.15, -0.1) is 0 Å². The lowest BCUT2D eigenvalue weighted by molar-refractivity contribution is -0.139. The fourth-order valence-electron chi connectivity index (χ4n) is 4.65. The van der Waals surface area contributed by atoms with Crippen LogP contribution in [-0.2, 0) is 20.7 Å². The topological polar surface area (TPSA) is 87.7 Å². The monoisotopic (exact) mass is 551 g/mol. The third kappa shape index (κ3) is 7.94. The van der Waals surface area contributed by atoms with Crippen LogP contribution in [0.2, 0.25) is 0 Å². The molecule has 0 radical (unpaired) electrons. The molecule has 0 aliphatic rings. The molecule has 7 heteroatoms. The van der Waals surface area contributed by atoms with Crippen molar-refractivity contribution >= 4 is 34.4 Å². The summed E-state index contributed by atoms with van der Waals surface area (Å²) in [5.74, 6) is -0.783. The molecule has 2 N–H and O–H groups in total. The first kappa shape index (κ1) is 29.3. The first-order chi connectivity index (χ1) is 19.5. The summed E-state index contributed by atoms with van der Waals surface area (Å²) in [4.78, 5) is 42.0. The fraction of sp³-hybridized carbons (Fsp3) is 0.265. The van der Waals surface area contributed by atoms with Gasteiger partial charge < -0.3 is 20.3 Å². The van der Waals surface area contributed by atoms with Crippen molar-refractivity contribution in [2.75, 3.05) is 12.4 Å². The molecule has 4 aromatic carbocycles. The number of anilines is 1. The zero-order valence-corrected chi connectivity index (χ0v) is 24.2. The minimum absolute atomic E-state index is 0.232. The average molecular weight is 552 g/mol. The predicted octanol–water partition coefficient (Wildman–Crippen LogP) is 6.42. The number of nitrogens with one attached hydrogen (secondary N) is 2. The molecule has 4 aromatic rings. The minimum Gasteiger partial charge on any atom is -0.444 e. The normalized spacial score (nSPS) is 12.7. The van der Waals surface area contributed by atoms with Crippen molar-refractivity contribution in [1.29, 1.82) is 0 Å². The van der Waals surface area contributed by atoms with Gasteiger partial charge in [0.05, 0.1) is 0 Å². The molecule has 0 saturated carbocycles. The van der Waals surface area contributed by atoms with Gasteiger partial charge in [0.1, 0.15) is 17.7 Å². The Hall–Kier alpha value is -4.65. The van der Waals surface area contributed by atoms with Crippen molar-refractivity contribution in [3.8, 4) is 0 Å². The molecule has 41 heavy (non-hydrogen) atoms. The molecule has 0 saturated heterocycles. The van der Waals surface area contributed by atoms with E-state index in [0.29, 0.717) is 11.3 Å². The zero-order chi connectivity index (χ0) is 29.6. The van der Waals surface area contributed by atoms with E-state index >= 15 is 0 Å².